The number of benzene rings is 1. The number of amides is 1. The molecule has 3 aromatic rings. The number of halogens is 4. The summed E-state index contributed by atoms with van der Waals surface area (Å²) in [5.41, 5.74) is 0.572. The largest absolute Gasteiger partial charge is 0.416 e. The normalized spacial score (nSPS) is 11.7. The molecule has 24 heavy (non-hydrogen) atoms. The SMILES string of the molecule is Cc1nc2ccc(Br)cn2c1C(=O)Nc1cccc(C(F)(F)F)c1. The van der Waals surface area contributed by atoms with Crippen LogP contribution in [0.2, 0.25) is 0 Å². The summed E-state index contributed by atoms with van der Waals surface area (Å²) in [7, 11) is 0. The summed E-state index contributed by atoms with van der Waals surface area (Å²) in [6, 6.07) is 8.02. The lowest BCUT2D eigenvalue weighted by Crippen LogP contribution is -2.16. The molecule has 0 aliphatic rings. The molecule has 0 atom stereocenters. The molecular weight excluding hydrogens is 387 g/mol. The van der Waals surface area contributed by atoms with Gasteiger partial charge in [0.05, 0.1) is 11.3 Å². The lowest BCUT2D eigenvalue weighted by atomic mass is 10.2. The van der Waals surface area contributed by atoms with Crippen LogP contribution in [0, 0.1) is 6.92 Å². The van der Waals surface area contributed by atoms with Crippen molar-refractivity contribution < 1.29 is 18.0 Å². The molecule has 1 aromatic carbocycles. The molecule has 0 aliphatic carbocycles. The summed E-state index contributed by atoms with van der Waals surface area (Å²) >= 11 is 3.32. The summed E-state index contributed by atoms with van der Waals surface area (Å²) < 4.78 is 40.6. The van der Waals surface area contributed by atoms with Crippen molar-refractivity contribution in [1.82, 2.24) is 9.38 Å². The Morgan fingerprint density at radius 3 is 2.71 bits per heavy atom. The number of carbonyl (C=O) groups excluding carboxylic acids is 1. The Labute approximate surface area is 143 Å². The number of hydrogen-bond acceptors (Lipinski definition) is 2. The average molecular weight is 398 g/mol. The number of carbonyl (C=O) groups is 1. The molecular formula is C16H11BrF3N3O. The van der Waals surface area contributed by atoms with Crippen molar-refractivity contribution in [3.63, 3.8) is 0 Å². The molecule has 0 aliphatic heterocycles. The van der Waals surface area contributed by atoms with E-state index < -0.39 is 17.6 Å². The van der Waals surface area contributed by atoms with Crippen molar-refractivity contribution in [2.24, 2.45) is 0 Å². The molecule has 4 nitrogen and oxygen atoms in total. The molecule has 2 aromatic heterocycles. The van der Waals surface area contributed by atoms with Gasteiger partial charge in [0, 0.05) is 16.4 Å². The number of pyridine rings is 1. The summed E-state index contributed by atoms with van der Waals surface area (Å²) in [4.78, 5) is 16.8. The zero-order valence-corrected chi connectivity index (χ0v) is 13.9. The number of hydrogen-bond donors (Lipinski definition) is 1. The highest BCUT2D eigenvalue weighted by Crippen LogP contribution is 2.30. The fourth-order valence-electron chi connectivity index (χ4n) is 2.37. The highest BCUT2D eigenvalue weighted by atomic mass is 79.9. The molecule has 0 saturated heterocycles. The molecule has 3 rings (SSSR count). The number of alkyl halides is 3. The van der Waals surface area contributed by atoms with Gasteiger partial charge in [0.2, 0.25) is 0 Å². The first kappa shape index (κ1) is 16.5. The molecule has 1 N–H and O–H groups in total. The second kappa shape index (κ2) is 5.94. The number of nitrogens with zero attached hydrogens (tertiary/aromatic N) is 2. The second-order valence-corrected chi connectivity index (χ2v) is 6.07. The Hall–Kier alpha value is -2.35. The van der Waals surface area contributed by atoms with Crippen LogP contribution in [0.15, 0.2) is 47.1 Å². The predicted molar refractivity (Wildman–Crippen MR) is 87.0 cm³/mol. The number of imidazole rings is 1. The van der Waals surface area contributed by atoms with Crippen LogP contribution in [-0.2, 0) is 6.18 Å². The van der Waals surface area contributed by atoms with E-state index in [2.05, 4.69) is 26.2 Å². The van der Waals surface area contributed by atoms with Gasteiger partial charge in [-0.2, -0.15) is 13.2 Å². The number of aromatic nitrogens is 2. The molecule has 8 heteroatoms. The van der Waals surface area contributed by atoms with Crippen molar-refractivity contribution in [1.29, 1.82) is 0 Å². The maximum absolute atomic E-state index is 12.8. The van der Waals surface area contributed by atoms with E-state index in [1.165, 1.54) is 12.1 Å². The van der Waals surface area contributed by atoms with E-state index in [1.807, 2.05) is 0 Å². The smallest absolute Gasteiger partial charge is 0.321 e. The van der Waals surface area contributed by atoms with Gasteiger partial charge < -0.3 is 5.32 Å². The lowest BCUT2D eigenvalue weighted by Gasteiger charge is -2.10. The van der Waals surface area contributed by atoms with Gasteiger partial charge in [-0.1, -0.05) is 6.07 Å². The van der Waals surface area contributed by atoms with Crippen molar-refractivity contribution in [3.05, 3.63) is 64.0 Å². The Morgan fingerprint density at radius 2 is 2.00 bits per heavy atom. The third-order valence-corrected chi connectivity index (χ3v) is 3.89. The summed E-state index contributed by atoms with van der Waals surface area (Å²) in [6.45, 7) is 1.67. The van der Waals surface area contributed by atoms with Gasteiger partial charge >= 0.3 is 6.18 Å². The zero-order chi connectivity index (χ0) is 17.5. The van der Waals surface area contributed by atoms with Crippen molar-refractivity contribution in [3.8, 4) is 0 Å². The topological polar surface area (TPSA) is 46.4 Å². The minimum Gasteiger partial charge on any atom is -0.321 e. The maximum Gasteiger partial charge on any atom is 0.416 e. The summed E-state index contributed by atoms with van der Waals surface area (Å²) in [5.74, 6) is -0.530. The molecule has 0 fully saturated rings. The molecule has 1 amide bonds. The van der Waals surface area contributed by atoms with E-state index in [4.69, 9.17) is 0 Å². The second-order valence-electron chi connectivity index (χ2n) is 5.15. The van der Waals surface area contributed by atoms with Crippen LogP contribution >= 0.6 is 15.9 Å². The molecule has 0 spiro atoms. The van der Waals surface area contributed by atoms with Gasteiger partial charge in [0.15, 0.2) is 0 Å². The Kier molecular flexibility index (Phi) is 4.08. The minimum absolute atomic E-state index is 0.0687. The predicted octanol–water partition coefficient (Wildman–Crippen LogP) is 4.68. The van der Waals surface area contributed by atoms with Crippen LogP contribution in [0.4, 0.5) is 18.9 Å². The van der Waals surface area contributed by atoms with E-state index in [0.717, 1.165) is 16.6 Å². The van der Waals surface area contributed by atoms with Gasteiger partial charge in [0.1, 0.15) is 11.3 Å². The zero-order valence-electron chi connectivity index (χ0n) is 12.4. The molecule has 2 heterocycles. The van der Waals surface area contributed by atoms with Crippen molar-refractivity contribution in [2.45, 2.75) is 13.1 Å². The van der Waals surface area contributed by atoms with Crippen molar-refractivity contribution in [2.75, 3.05) is 5.32 Å². The average Bonchev–Trinajstić information content (AvgIpc) is 2.81. The molecule has 0 unspecified atom stereocenters. The summed E-state index contributed by atoms with van der Waals surface area (Å²) in [5, 5.41) is 2.49. The highest BCUT2D eigenvalue weighted by molar-refractivity contribution is 9.10. The van der Waals surface area contributed by atoms with E-state index in [0.29, 0.717) is 11.3 Å². The van der Waals surface area contributed by atoms with E-state index in [1.54, 1.807) is 29.7 Å². The molecule has 0 saturated carbocycles. The first-order valence-corrected chi connectivity index (χ1v) is 7.68. The van der Waals surface area contributed by atoms with Crippen LogP contribution < -0.4 is 5.32 Å². The third kappa shape index (κ3) is 3.14. The quantitative estimate of drug-likeness (QED) is 0.682. The fourth-order valence-corrected chi connectivity index (χ4v) is 2.71. The lowest BCUT2D eigenvalue weighted by molar-refractivity contribution is -0.137. The van der Waals surface area contributed by atoms with Crippen LogP contribution in [0.25, 0.3) is 5.65 Å². The van der Waals surface area contributed by atoms with Crippen LogP contribution in [-0.4, -0.2) is 15.3 Å². The van der Waals surface area contributed by atoms with Crippen molar-refractivity contribution >= 4 is 33.2 Å². The number of aryl methyl sites for hydroxylation is 1. The Balaban J connectivity index is 1.96. The third-order valence-electron chi connectivity index (χ3n) is 3.42. The van der Waals surface area contributed by atoms with E-state index in [9.17, 15) is 18.0 Å². The number of fused-ring (bicyclic) bond motifs is 1. The Morgan fingerprint density at radius 1 is 1.25 bits per heavy atom. The monoisotopic (exact) mass is 397 g/mol. The molecule has 124 valence electrons. The minimum atomic E-state index is -4.47. The van der Waals surface area contributed by atoms with Gasteiger partial charge in [-0.3, -0.25) is 9.20 Å². The number of nitrogens with one attached hydrogen (secondary N) is 1. The number of rotatable bonds is 2. The fraction of sp³-hybridized carbons (Fsp3) is 0.125. The standard InChI is InChI=1S/C16H11BrF3N3O/c1-9-14(23-8-11(17)5-6-13(23)21-9)15(24)22-12-4-2-3-10(7-12)16(18,19)20/h2-8H,1H3,(H,22,24). The maximum atomic E-state index is 12.8. The van der Waals surface area contributed by atoms with Gasteiger partial charge in [-0.05, 0) is 53.2 Å². The molecule has 0 radical (unpaired) electrons. The molecule has 0 bridgehead atoms. The van der Waals surface area contributed by atoms with Gasteiger partial charge in [-0.25, -0.2) is 4.98 Å². The Bertz CT molecular complexity index is 934. The first-order valence-electron chi connectivity index (χ1n) is 6.88. The van der Waals surface area contributed by atoms with Gasteiger partial charge in [0.25, 0.3) is 5.91 Å². The van der Waals surface area contributed by atoms with E-state index in [-0.39, 0.29) is 11.4 Å². The van der Waals surface area contributed by atoms with Gasteiger partial charge in [-0.15, -0.1) is 0 Å². The van der Waals surface area contributed by atoms with Crippen LogP contribution in [0.5, 0.6) is 0 Å². The number of anilines is 1. The first-order chi connectivity index (χ1) is 11.3. The van der Waals surface area contributed by atoms with Crippen LogP contribution in [0.1, 0.15) is 21.7 Å². The summed E-state index contributed by atoms with van der Waals surface area (Å²) in [6.07, 6.45) is -2.79. The van der Waals surface area contributed by atoms with Crippen LogP contribution in [0.3, 0.4) is 0 Å². The highest BCUT2D eigenvalue weighted by Gasteiger charge is 2.30. The van der Waals surface area contributed by atoms with E-state index >= 15 is 0 Å².